The first kappa shape index (κ1) is 20.6. The van der Waals surface area contributed by atoms with Crippen LogP contribution in [0.3, 0.4) is 0 Å². The summed E-state index contributed by atoms with van der Waals surface area (Å²) in [6.07, 6.45) is 0. The van der Waals surface area contributed by atoms with Gasteiger partial charge in [-0.25, -0.2) is 0 Å². The lowest BCUT2D eigenvalue weighted by molar-refractivity contribution is 1.27. The molecule has 180 valence electrons. The molecule has 0 aliphatic carbocycles. The first-order valence-corrected chi connectivity index (χ1v) is 15.0. The number of rotatable bonds is 1. The molecule has 10 rings (SSSR count). The molecular weight excluding hydrogens is 511 g/mol. The van der Waals surface area contributed by atoms with Gasteiger partial charge >= 0.3 is 6.85 Å². The Hall–Kier alpha value is -4.32. The summed E-state index contributed by atoms with van der Waals surface area (Å²) in [7, 11) is 0. The summed E-state index contributed by atoms with van der Waals surface area (Å²) in [6.45, 7) is 0.138. The van der Waals surface area contributed by atoms with Gasteiger partial charge in [-0.3, -0.25) is 0 Å². The lowest BCUT2D eigenvalue weighted by Crippen LogP contribution is -2.55. The zero-order chi connectivity index (χ0) is 25.2. The average molecular weight is 530 g/mol. The molecule has 0 radical (unpaired) electrons. The third-order valence-corrected chi connectivity index (χ3v) is 10.8. The molecule has 5 aromatic carbocycles. The fourth-order valence-electron chi connectivity index (χ4n) is 7.14. The third-order valence-electron chi connectivity index (χ3n) is 8.63. The number of hydrogen-bond acceptors (Lipinski definition) is 3. The van der Waals surface area contributed by atoms with Gasteiger partial charge < -0.3 is 9.38 Å². The zero-order valence-electron chi connectivity index (χ0n) is 20.8. The van der Waals surface area contributed by atoms with Gasteiger partial charge in [-0.05, 0) is 47.3 Å². The van der Waals surface area contributed by atoms with Crippen LogP contribution in [0.2, 0.25) is 0 Å². The molecule has 0 spiro atoms. The van der Waals surface area contributed by atoms with Crippen molar-refractivity contribution in [2.45, 2.75) is 0 Å². The molecule has 0 amide bonds. The Morgan fingerprint density at radius 1 is 0.667 bits per heavy atom. The molecule has 0 saturated carbocycles. The van der Waals surface area contributed by atoms with Crippen molar-refractivity contribution in [3.8, 4) is 10.4 Å². The van der Waals surface area contributed by atoms with Crippen LogP contribution < -0.4 is 15.8 Å². The summed E-state index contributed by atoms with van der Waals surface area (Å²) in [6, 6.07) is 40.2. The lowest BCUT2D eigenvalue weighted by atomic mass is 9.46. The summed E-state index contributed by atoms with van der Waals surface area (Å²) in [5.41, 5.74) is 10.6. The molecule has 3 aromatic heterocycles. The van der Waals surface area contributed by atoms with Crippen molar-refractivity contribution >= 4 is 99.5 Å². The quantitative estimate of drug-likeness (QED) is 0.193. The number of fused-ring (bicyclic) bond motifs is 11. The molecular formula is C34H19BN2S2. The number of hydrogen-bond donors (Lipinski definition) is 0. The van der Waals surface area contributed by atoms with Gasteiger partial charge in [0, 0.05) is 69.2 Å². The Balaban J connectivity index is 1.43. The smallest absolute Gasteiger partial charge is 0.333 e. The van der Waals surface area contributed by atoms with E-state index < -0.39 is 0 Å². The van der Waals surface area contributed by atoms with E-state index in [0.29, 0.717) is 0 Å². The van der Waals surface area contributed by atoms with Crippen LogP contribution in [-0.4, -0.2) is 11.3 Å². The highest BCUT2D eigenvalue weighted by Crippen LogP contribution is 2.51. The normalized spacial score (nSPS) is 13.5. The van der Waals surface area contributed by atoms with E-state index in [1.807, 2.05) is 22.7 Å². The molecule has 0 unspecified atom stereocenters. The Bertz CT molecular complexity index is 2310. The van der Waals surface area contributed by atoms with Crippen LogP contribution >= 0.6 is 22.7 Å². The number of nitrogens with zero attached hydrogens (tertiary/aromatic N) is 2. The van der Waals surface area contributed by atoms with Gasteiger partial charge in [0.25, 0.3) is 0 Å². The molecule has 0 N–H and O–H groups in total. The van der Waals surface area contributed by atoms with E-state index in [-0.39, 0.29) is 6.85 Å². The maximum absolute atomic E-state index is 2.66. The lowest BCUT2D eigenvalue weighted by Gasteiger charge is -2.37. The highest BCUT2D eigenvalue weighted by Gasteiger charge is 2.43. The standard InChI is InChI=1S/C34H19BN2S2/c1-2-10-20(11-3-1)36-27-16-8-6-14-25(27)35-31-28(36)19-38-34(31)24-18-23-21-12-5-9-17-29(21)39-33(23)30-22-13-4-7-15-26(22)37(35)32(24)30/h1-19H. The minimum atomic E-state index is 0.138. The van der Waals surface area contributed by atoms with Crippen LogP contribution in [0.15, 0.2) is 115 Å². The van der Waals surface area contributed by atoms with Crippen LogP contribution in [0.4, 0.5) is 17.1 Å². The van der Waals surface area contributed by atoms with Crippen molar-refractivity contribution in [2.24, 2.45) is 0 Å². The fourth-order valence-corrected chi connectivity index (χ4v) is 9.47. The topological polar surface area (TPSA) is 8.17 Å². The van der Waals surface area contributed by atoms with E-state index in [2.05, 4.69) is 124 Å². The van der Waals surface area contributed by atoms with Crippen molar-refractivity contribution in [3.05, 3.63) is 115 Å². The highest BCUT2D eigenvalue weighted by molar-refractivity contribution is 7.27. The molecule has 5 heteroatoms. The fraction of sp³-hybridized carbons (Fsp3) is 0. The van der Waals surface area contributed by atoms with Gasteiger partial charge in [0.1, 0.15) is 0 Å². The average Bonchev–Trinajstić information content (AvgIpc) is 3.69. The summed E-state index contributed by atoms with van der Waals surface area (Å²) < 4.78 is 5.42. The number of para-hydroxylation sites is 3. The Morgan fingerprint density at radius 2 is 1.44 bits per heavy atom. The number of aromatic nitrogens is 1. The van der Waals surface area contributed by atoms with E-state index in [9.17, 15) is 0 Å². The predicted octanol–water partition coefficient (Wildman–Crippen LogP) is 8.64. The molecule has 0 bridgehead atoms. The molecule has 39 heavy (non-hydrogen) atoms. The van der Waals surface area contributed by atoms with Crippen molar-refractivity contribution in [2.75, 3.05) is 4.90 Å². The number of benzene rings is 5. The predicted molar refractivity (Wildman–Crippen MR) is 171 cm³/mol. The Morgan fingerprint density at radius 3 is 2.36 bits per heavy atom. The number of thiophene rings is 2. The second-order valence-corrected chi connectivity index (χ2v) is 12.4. The Kier molecular flexibility index (Phi) is 3.81. The minimum Gasteiger partial charge on any atom is -0.375 e. The summed E-state index contributed by atoms with van der Waals surface area (Å²) in [5.74, 6) is 0. The molecule has 2 aliphatic rings. The van der Waals surface area contributed by atoms with Crippen LogP contribution in [0, 0.1) is 0 Å². The molecule has 0 fully saturated rings. The second kappa shape index (κ2) is 7.20. The van der Waals surface area contributed by atoms with Gasteiger partial charge in [-0.1, -0.05) is 72.8 Å². The third kappa shape index (κ3) is 2.44. The highest BCUT2D eigenvalue weighted by atomic mass is 32.1. The van der Waals surface area contributed by atoms with Crippen LogP contribution in [0.1, 0.15) is 0 Å². The first-order chi connectivity index (χ1) is 19.4. The van der Waals surface area contributed by atoms with E-state index in [0.717, 1.165) is 0 Å². The summed E-state index contributed by atoms with van der Waals surface area (Å²) >= 11 is 3.84. The zero-order valence-corrected chi connectivity index (χ0v) is 22.4. The SMILES string of the molecule is c1ccc(N2c3ccccc3B3c4c2csc4-c2cc4c5ccccc5sc4c4c5ccccc5n3c24)cc1. The van der Waals surface area contributed by atoms with Crippen molar-refractivity contribution in [1.29, 1.82) is 0 Å². The van der Waals surface area contributed by atoms with E-state index >= 15 is 0 Å². The molecule has 0 saturated heterocycles. The molecule has 8 aromatic rings. The van der Waals surface area contributed by atoms with E-state index in [1.165, 1.54) is 80.4 Å². The van der Waals surface area contributed by atoms with Gasteiger partial charge in [-0.15, -0.1) is 22.7 Å². The first-order valence-electron chi connectivity index (χ1n) is 13.3. The largest absolute Gasteiger partial charge is 0.375 e. The molecule has 5 heterocycles. The minimum absolute atomic E-state index is 0.138. The Labute approximate surface area is 233 Å². The summed E-state index contributed by atoms with van der Waals surface area (Å²) in [4.78, 5) is 3.87. The van der Waals surface area contributed by atoms with Gasteiger partial charge in [0.05, 0.1) is 5.69 Å². The van der Waals surface area contributed by atoms with Crippen LogP contribution in [0.5, 0.6) is 0 Å². The monoisotopic (exact) mass is 530 g/mol. The van der Waals surface area contributed by atoms with E-state index in [1.54, 1.807) is 0 Å². The van der Waals surface area contributed by atoms with Crippen LogP contribution in [-0.2, 0) is 0 Å². The van der Waals surface area contributed by atoms with Gasteiger partial charge in [0.2, 0.25) is 0 Å². The van der Waals surface area contributed by atoms with Crippen molar-refractivity contribution in [3.63, 3.8) is 0 Å². The van der Waals surface area contributed by atoms with Gasteiger partial charge in [-0.2, -0.15) is 0 Å². The maximum Gasteiger partial charge on any atom is 0.333 e. The molecule has 0 atom stereocenters. The maximum atomic E-state index is 2.66. The van der Waals surface area contributed by atoms with Crippen molar-refractivity contribution < 1.29 is 0 Å². The molecule has 2 nitrogen and oxygen atoms in total. The van der Waals surface area contributed by atoms with Gasteiger partial charge in [0.15, 0.2) is 0 Å². The second-order valence-electron chi connectivity index (χ2n) is 10.5. The van der Waals surface area contributed by atoms with Crippen LogP contribution in [0.25, 0.3) is 52.4 Å². The number of anilines is 3. The van der Waals surface area contributed by atoms with Crippen molar-refractivity contribution in [1.82, 2.24) is 4.48 Å². The van der Waals surface area contributed by atoms with E-state index in [4.69, 9.17) is 0 Å². The molecule has 2 aliphatic heterocycles. The summed E-state index contributed by atoms with van der Waals surface area (Å²) in [5, 5.41) is 7.87.